The molecule has 1 saturated heterocycles. The van der Waals surface area contributed by atoms with Gasteiger partial charge in [0, 0.05) is 55.5 Å². The fraction of sp³-hybridized carbons (Fsp3) is 0.308. The summed E-state index contributed by atoms with van der Waals surface area (Å²) >= 11 is 0.962. The van der Waals surface area contributed by atoms with Gasteiger partial charge in [0.1, 0.15) is 6.07 Å². The summed E-state index contributed by atoms with van der Waals surface area (Å²) < 4.78 is 31.7. The Morgan fingerprint density at radius 2 is 1.93 bits per heavy atom. The van der Waals surface area contributed by atoms with Crippen molar-refractivity contribution in [2.75, 3.05) is 30.4 Å². The van der Waals surface area contributed by atoms with Gasteiger partial charge >= 0.3 is 6.03 Å². The lowest BCUT2D eigenvalue weighted by Crippen LogP contribution is -2.36. The molecule has 3 aromatic heterocycles. The van der Waals surface area contributed by atoms with Crippen LogP contribution in [0.15, 0.2) is 53.7 Å². The number of amides is 2. The number of urea groups is 1. The summed E-state index contributed by atoms with van der Waals surface area (Å²) in [6.07, 6.45) is 5.08. The summed E-state index contributed by atoms with van der Waals surface area (Å²) in [5.74, 6) is 0.604. The third kappa shape index (κ3) is 4.37. The van der Waals surface area contributed by atoms with Gasteiger partial charge in [-0.15, -0.1) is 0 Å². The first kappa shape index (κ1) is 25.9. The molecule has 204 valence electrons. The van der Waals surface area contributed by atoms with Crippen LogP contribution in [0.1, 0.15) is 29.0 Å². The van der Waals surface area contributed by atoms with Crippen LogP contribution in [0.25, 0.3) is 11.0 Å². The number of nitrogens with one attached hydrogen (secondary N) is 1. The van der Waals surface area contributed by atoms with Crippen LogP contribution in [0, 0.1) is 23.2 Å². The van der Waals surface area contributed by atoms with Crippen molar-refractivity contribution in [1.82, 2.24) is 23.2 Å². The van der Waals surface area contributed by atoms with Crippen LogP contribution in [0.5, 0.6) is 0 Å². The number of pyridine rings is 1. The van der Waals surface area contributed by atoms with Crippen molar-refractivity contribution in [3.05, 3.63) is 60.2 Å². The summed E-state index contributed by atoms with van der Waals surface area (Å²) in [5.41, 5.74) is 1.28. The van der Waals surface area contributed by atoms with Crippen LogP contribution >= 0.6 is 11.5 Å². The van der Waals surface area contributed by atoms with Gasteiger partial charge in [-0.1, -0.05) is 18.2 Å². The predicted octanol–water partition coefficient (Wildman–Crippen LogP) is 3.19. The molecule has 3 atom stereocenters. The van der Waals surface area contributed by atoms with Crippen molar-refractivity contribution < 1.29 is 18.0 Å². The van der Waals surface area contributed by atoms with Gasteiger partial charge in [0.25, 0.3) is 10.0 Å². The van der Waals surface area contributed by atoms with Crippen LogP contribution in [-0.2, 0) is 10.0 Å². The number of carbonyl (C=O) groups is 2. The van der Waals surface area contributed by atoms with Crippen LogP contribution in [0.4, 0.5) is 15.6 Å². The lowest BCUT2D eigenvalue weighted by molar-refractivity contribution is 0.111. The lowest BCUT2D eigenvalue weighted by atomic mass is 10.0. The second kappa shape index (κ2) is 10.00. The average Bonchev–Trinajstić information content (AvgIpc) is 3.75. The van der Waals surface area contributed by atoms with Gasteiger partial charge < -0.3 is 9.80 Å². The van der Waals surface area contributed by atoms with E-state index in [2.05, 4.69) is 30.6 Å². The molecule has 4 heterocycles. The molecule has 4 aromatic rings. The first-order valence-electron chi connectivity index (χ1n) is 12.6. The third-order valence-corrected chi connectivity index (χ3v) is 10.1. The zero-order valence-electron chi connectivity index (χ0n) is 21.3. The molecule has 2 amide bonds. The highest BCUT2D eigenvalue weighted by molar-refractivity contribution is 7.90. The van der Waals surface area contributed by atoms with Crippen molar-refractivity contribution >= 4 is 55.7 Å². The van der Waals surface area contributed by atoms with Crippen LogP contribution < -0.4 is 10.2 Å². The van der Waals surface area contributed by atoms with Gasteiger partial charge in [-0.3, -0.25) is 10.1 Å². The van der Waals surface area contributed by atoms with E-state index < -0.39 is 10.0 Å². The summed E-state index contributed by atoms with van der Waals surface area (Å²) in [7, 11) is -1.94. The van der Waals surface area contributed by atoms with Crippen molar-refractivity contribution in [2.24, 2.45) is 11.8 Å². The number of hydrogen-bond acceptors (Lipinski definition) is 10. The number of carbonyl (C=O) groups excluding carboxylic acids is 2. The molecule has 6 rings (SSSR count). The largest absolute Gasteiger partial charge is 0.370 e. The maximum atomic E-state index is 13.3. The number of benzene rings is 1. The van der Waals surface area contributed by atoms with Crippen molar-refractivity contribution in [1.29, 1.82) is 5.26 Å². The first-order chi connectivity index (χ1) is 19.3. The second-order valence-corrected chi connectivity index (χ2v) is 12.5. The van der Waals surface area contributed by atoms with Gasteiger partial charge in [0.15, 0.2) is 11.9 Å². The molecule has 2 fully saturated rings. The second-order valence-electron chi connectivity index (χ2n) is 9.97. The molecular weight excluding hydrogens is 552 g/mol. The molecule has 1 aliphatic carbocycles. The molecule has 1 saturated carbocycles. The van der Waals surface area contributed by atoms with E-state index in [-0.39, 0.29) is 45.4 Å². The maximum Gasteiger partial charge on any atom is 0.323 e. The van der Waals surface area contributed by atoms with Crippen LogP contribution in [0.2, 0.25) is 0 Å². The normalized spacial score (nSPS) is 20.3. The fourth-order valence-electron chi connectivity index (χ4n) is 5.85. The molecule has 1 N–H and O–H groups in total. The van der Waals surface area contributed by atoms with E-state index in [1.54, 1.807) is 29.2 Å². The van der Waals surface area contributed by atoms with E-state index in [1.807, 2.05) is 7.05 Å². The lowest BCUT2D eigenvalue weighted by Gasteiger charge is -2.29. The van der Waals surface area contributed by atoms with E-state index in [0.29, 0.717) is 36.0 Å². The number of aromatic nitrogens is 4. The van der Waals surface area contributed by atoms with Crippen LogP contribution in [0.3, 0.4) is 0 Å². The standard InChI is InChI=1S/C26H24N8O4S2/c1-32(19-9-16-13-33(14-17(16)10-19)26(36)30-25-29-22(15-35)31-39-25)23-18(11-27)12-28-24-21(23)7-8-34(24)40(37,38)20-5-3-2-4-6-20/h2-8,12,15-17,19H,9-10,13-14H2,1H3,(H,29,30,31,36)/t16-,17?,19+/m1/s1. The number of rotatable bonds is 6. The number of likely N-dealkylation sites (tertiary alicyclic amines) is 1. The Labute approximate surface area is 234 Å². The average molecular weight is 577 g/mol. The zero-order chi connectivity index (χ0) is 28.0. The Kier molecular flexibility index (Phi) is 6.47. The quantitative estimate of drug-likeness (QED) is 0.341. The topological polar surface area (TPSA) is 154 Å². The van der Waals surface area contributed by atoms with Crippen LogP contribution in [-0.4, -0.2) is 70.1 Å². The Bertz CT molecular complexity index is 1750. The highest BCUT2D eigenvalue weighted by atomic mass is 32.2. The minimum atomic E-state index is -3.87. The minimum absolute atomic E-state index is 0.0411. The highest BCUT2D eigenvalue weighted by Crippen LogP contribution is 2.43. The summed E-state index contributed by atoms with van der Waals surface area (Å²) in [4.78, 5) is 35.9. The Balaban J connectivity index is 1.21. The van der Waals surface area contributed by atoms with Crippen molar-refractivity contribution in [3.8, 4) is 6.07 Å². The molecule has 12 nitrogen and oxygen atoms in total. The number of fused-ring (bicyclic) bond motifs is 2. The van der Waals surface area contributed by atoms with Gasteiger partial charge in [-0.2, -0.15) is 14.6 Å². The monoisotopic (exact) mass is 576 g/mol. The highest BCUT2D eigenvalue weighted by Gasteiger charge is 2.44. The van der Waals surface area contributed by atoms with Gasteiger partial charge in [-0.25, -0.2) is 22.2 Å². The van der Waals surface area contributed by atoms with Gasteiger partial charge in [0.2, 0.25) is 11.0 Å². The van der Waals surface area contributed by atoms with Gasteiger partial charge in [-0.05, 0) is 42.9 Å². The molecule has 0 spiro atoms. The zero-order valence-corrected chi connectivity index (χ0v) is 23.0. The number of nitrogens with zero attached hydrogens (tertiary/aromatic N) is 7. The molecule has 2 aliphatic rings. The van der Waals surface area contributed by atoms with Gasteiger partial charge in [0.05, 0.1) is 16.1 Å². The molecule has 14 heteroatoms. The first-order valence-corrected chi connectivity index (χ1v) is 14.8. The van der Waals surface area contributed by atoms with E-state index >= 15 is 0 Å². The molecule has 40 heavy (non-hydrogen) atoms. The molecule has 1 aromatic carbocycles. The Hall–Kier alpha value is -4.35. The molecule has 1 unspecified atom stereocenters. The van der Waals surface area contributed by atoms with Crippen molar-refractivity contribution in [3.63, 3.8) is 0 Å². The molecule has 1 aliphatic heterocycles. The Morgan fingerprint density at radius 1 is 1.20 bits per heavy atom. The van der Waals surface area contributed by atoms with E-state index in [1.165, 1.54) is 24.5 Å². The summed E-state index contributed by atoms with van der Waals surface area (Å²) in [6, 6.07) is 11.9. The third-order valence-electron chi connectivity index (χ3n) is 7.75. The maximum absolute atomic E-state index is 13.3. The molecular formula is C26H24N8O4S2. The summed E-state index contributed by atoms with van der Waals surface area (Å²) in [5, 5.41) is 13.5. The minimum Gasteiger partial charge on any atom is -0.370 e. The summed E-state index contributed by atoms with van der Waals surface area (Å²) in [6.45, 7) is 1.17. The fourth-order valence-corrected chi connectivity index (χ4v) is 7.70. The number of nitriles is 1. The Morgan fingerprint density at radius 3 is 2.58 bits per heavy atom. The van der Waals surface area contributed by atoms with E-state index in [9.17, 15) is 23.3 Å². The molecule has 0 radical (unpaired) electrons. The molecule has 0 bridgehead atoms. The number of anilines is 2. The number of aldehydes is 1. The smallest absolute Gasteiger partial charge is 0.323 e. The van der Waals surface area contributed by atoms with Crippen molar-refractivity contribution in [2.45, 2.75) is 23.8 Å². The SMILES string of the molecule is CN(c1c(C#N)cnc2c1ccn2S(=O)(=O)c1ccccc1)[C@@H]1CC2CN(C(=O)Nc3nc(C=O)ns3)C[C@H]2C1. The number of hydrogen-bond donors (Lipinski definition) is 1. The van der Waals surface area contributed by atoms with E-state index in [0.717, 1.165) is 28.3 Å². The van der Waals surface area contributed by atoms with E-state index in [4.69, 9.17) is 0 Å². The predicted molar refractivity (Wildman–Crippen MR) is 148 cm³/mol.